The zero-order chi connectivity index (χ0) is 28.3. The van der Waals surface area contributed by atoms with E-state index in [1.807, 2.05) is 0 Å². The maximum absolute atomic E-state index is 13.2. The van der Waals surface area contributed by atoms with E-state index in [2.05, 4.69) is 9.97 Å². The van der Waals surface area contributed by atoms with Gasteiger partial charge in [0.25, 0.3) is 11.4 Å². The first kappa shape index (κ1) is 26.1. The first-order chi connectivity index (χ1) is 18.2. The van der Waals surface area contributed by atoms with Gasteiger partial charge in [0, 0.05) is 24.0 Å². The molecule has 2 heterocycles. The molecule has 2 aromatic heterocycles. The molecule has 0 N–H and O–H groups in total. The van der Waals surface area contributed by atoms with Crippen LogP contribution >= 0.6 is 0 Å². The Bertz CT molecular complexity index is 1490. The number of ether oxygens (including phenoxy) is 2. The van der Waals surface area contributed by atoms with Crippen molar-refractivity contribution < 1.29 is 45.7 Å². The summed E-state index contributed by atoms with van der Waals surface area (Å²) in [5, 5.41) is 22.2. The highest BCUT2D eigenvalue weighted by molar-refractivity contribution is 5.49. The summed E-state index contributed by atoms with van der Waals surface area (Å²) in [6.45, 7) is 0. The Morgan fingerprint density at radius 1 is 0.744 bits per heavy atom. The number of rotatable bonds is 6. The van der Waals surface area contributed by atoms with Crippen LogP contribution in [0.3, 0.4) is 0 Å². The van der Waals surface area contributed by atoms with Crippen LogP contribution in [0.4, 0.5) is 37.7 Å². The lowest BCUT2D eigenvalue weighted by Gasteiger charge is -2.18. The van der Waals surface area contributed by atoms with Gasteiger partial charge in [-0.1, -0.05) is 6.07 Å². The molecule has 1 aromatic carbocycles. The molecule has 1 saturated carbocycles. The van der Waals surface area contributed by atoms with Crippen molar-refractivity contribution in [3.63, 3.8) is 0 Å². The van der Waals surface area contributed by atoms with Gasteiger partial charge in [-0.2, -0.15) is 26.3 Å². The highest BCUT2D eigenvalue weighted by Gasteiger charge is 2.48. The van der Waals surface area contributed by atoms with Gasteiger partial charge in [-0.05, 0) is 36.1 Å². The molecule has 2 bridgehead atoms. The van der Waals surface area contributed by atoms with Gasteiger partial charge in [-0.25, -0.2) is 9.97 Å². The van der Waals surface area contributed by atoms with Crippen molar-refractivity contribution in [3.05, 3.63) is 85.2 Å². The van der Waals surface area contributed by atoms with E-state index in [0.717, 1.165) is 17.7 Å². The summed E-state index contributed by atoms with van der Waals surface area (Å²) in [5.41, 5.74) is -3.29. The summed E-state index contributed by atoms with van der Waals surface area (Å²) >= 11 is 0. The van der Waals surface area contributed by atoms with Gasteiger partial charge in [0.15, 0.2) is 11.4 Å². The molecule has 0 aliphatic heterocycles. The quantitative estimate of drug-likeness (QED) is 0.190. The minimum absolute atomic E-state index is 0.0222. The maximum atomic E-state index is 13.2. The highest BCUT2D eigenvalue weighted by Crippen LogP contribution is 2.55. The van der Waals surface area contributed by atoms with E-state index in [1.54, 1.807) is 6.07 Å². The molecule has 0 spiro atoms. The number of nitro groups is 2. The molecule has 0 saturated heterocycles. The largest absolute Gasteiger partial charge is 0.473 e. The summed E-state index contributed by atoms with van der Waals surface area (Å²) in [6.07, 6.45) is -9.47. The Hall–Kier alpha value is -4.50. The van der Waals surface area contributed by atoms with E-state index in [1.165, 1.54) is 12.1 Å². The van der Waals surface area contributed by atoms with E-state index in [4.69, 9.17) is 9.47 Å². The summed E-state index contributed by atoms with van der Waals surface area (Å²) < 4.78 is 90.3. The second-order valence-electron chi connectivity index (χ2n) is 8.87. The summed E-state index contributed by atoms with van der Waals surface area (Å²) in [7, 11) is 0. The fraction of sp³-hybridized carbons (Fsp3) is 0.304. The van der Waals surface area contributed by atoms with Gasteiger partial charge in [0.1, 0.15) is 11.9 Å². The Morgan fingerprint density at radius 3 is 1.79 bits per heavy atom. The Kier molecular flexibility index (Phi) is 6.07. The van der Waals surface area contributed by atoms with Crippen molar-refractivity contribution in [3.8, 4) is 17.5 Å². The van der Waals surface area contributed by atoms with Gasteiger partial charge in [0.2, 0.25) is 11.8 Å². The molecular weight excluding hydrogens is 542 g/mol. The van der Waals surface area contributed by atoms with E-state index in [9.17, 15) is 46.6 Å². The smallest absolute Gasteiger partial charge is 0.433 e. The van der Waals surface area contributed by atoms with E-state index >= 15 is 0 Å². The summed E-state index contributed by atoms with van der Waals surface area (Å²) in [6, 6.07) is 6.65. The predicted molar refractivity (Wildman–Crippen MR) is 117 cm³/mol. The lowest BCUT2D eigenvalue weighted by molar-refractivity contribution is -0.385. The summed E-state index contributed by atoms with van der Waals surface area (Å²) in [5.74, 6) is -1.87. The van der Waals surface area contributed by atoms with Gasteiger partial charge >= 0.3 is 12.4 Å². The predicted octanol–water partition coefficient (Wildman–Crippen LogP) is 6.55. The minimum atomic E-state index is -4.96. The van der Waals surface area contributed by atoms with Crippen molar-refractivity contribution in [2.24, 2.45) is 0 Å². The minimum Gasteiger partial charge on any atom is -0.473 e. The third kappa shape index (κ3) is 5.00. The lowest BCUT2D eigenvalue weighted by atomic mass is 9.92. The monoisotopic (exact) mass is 556 g/mol. The summed E-state index contributed by atoms with van der Waals surface area (Å²) in [4.78, 5) is 26.9. The van der Waals surface area contributed by atoms with Crippen LogP contribution in [0.2, 0.25) is 0 Å². The molecule has 3 aromatic rings. The number of nitrogens with zero attached hydrogens (tertiary/aromatic N) is 4. The fourth-order valence-electron chi connectivity index (χ4n) is 4.93. The number of aromatic nitrogens is 2. The van der Waals surface area contributed by atoms with Crippen molar-refractivity contribution in [1.82, 2.24) is 9.97 Å². The molecule has 3 unspecified atom stereocenters. The SMILES string of the molecule is O=[N+]([O-])c1cc(Oc2ccc3c(c2)C2CCC3C2Oc2cc([N+](=O)[O-])cc(C(F)(F)F)n2)nc(C(F)(F)F)c1. The maximum Gasteiger partial charge on any atom is 0.433 e. The molecule has 1 fully saturated rings. The zero-order valence-electron chi connectivity index (χ0n) is 19.2. The molecule has 0 radical (unpaired) electrons. The normalized spacial score (nSPS) is 20.0. The van der Waals surface area contributed by atoms with Crippen LogP contribution in [0, 0.1) is 20.2 Å². The molecule has 2 aliphatic carbocycles. The highest BCUT2D eigenvalue weighted by atomic mass is 19.4. The fourth-order valence-corrected chi connectivity index (χ4v) is 4.93. The number of benzene rings is 1. The van der Waals surface area contributed by atoms with Crippen LogP contribution in [-0.2, 0) is 12.4 Å². The Morgan fingerprint density at radius 2 is 1.26 bits per heavy atom. The van der Waals surface area contributed by atoms with Gasteiger partial charge in [-0.15, -0.1) is 0 Å². The number of hydrogen-bond acceptors (Lipinski definition) is 8. The molecule has 5 rings (SSSR count). The molecule has 3 atom stereocenters. The van der Waals surface area contributed by atoms with Crippen LogP contribution in [0.25, 0.3) is 0 Å². The van der Waals surface area contributed by atoms with Crippen LogP contribution < -0.4 is 9.47 Å². The van der Waals surface area contributed by atoms with Crippen LogP contribution in [0.5, 0.6) is 17.5 Å². The Balaban J connectivity index is 1.43. The number of hydrogen-bond donors (Lipinski definition) is 0. The van der Waals surface area contributed by atoms with Crippen molar-refractivity contribution >= 4 is 11.4 Å². The van der Waals surface area contributed by atoms with Crippen molar-refractivity contribution in [1.29, 1.82) is 0 Å². The third-order valence-corrected chi connectivity index (χ3v) is 6.49. The first-order valence-corrected chi connectivity index (χ1v) is 11.2. The molecule has 10 nitrogen and oxygen atoms in total. The standard InChI is InChI=1S/C23H14F6N4O6/c24-22(25,26)17-5-10(32(34)35)7-19(30-17)38-12-1-2-13-14-3-4-15(16(13)9-12)21(14)39-20-8-11(33(36)37)6-18(31-20)23(27,28)29/h1-2,5-9,14-15,21H,3-4H2. The molecule has 16 heteroatoms. The second kappa shape index (κ2) is 9.06. The number of fused-ring (bicyclic) bond motifs is 5. The zero-order valence-corrected chi connectivity index (χ0v) is 19.2. The van der Waals surface area contributed by atoms with Crippen molar-refractivity contribution in [2.45, 2.75) is 43.1 Å². The van der Waals surface area contributed by atoms with E-state index in [0.29, 0.717) is 24.5 Å². The molecule has 2 aliphatic rings. The van der Waals surface area contributed by atoms with Gasteiger partial charge in [-0.3, -0.25) is 20.2 Å². The number of pyridine rings is 2. The van der Waals surface area contributed by atoms with Crippen LogP contribution in [0.15, 0.2) is 42.5 Å². The van der Waals surface area contributed by atoms with E-state index < -0.39 is 62.8 Å². The number of alkyl halides is 6. The lowest BCUT2D eigenvalue weighted by Crippen LogP contribution is -2.21. The molecule has 39 heavy (non-hydrogen) atoms. The first-order valence-electron chi connectivity index (χ1n) is 11.2. The molecule has 0 amide bonds. The Labute approximate surface area is 213 Å². The average Bonchev–Trinajstić information content (AvgIpc) is 3.37. The van der Waals surface area contributed by atoms with Gasteiger partial charge < -0.3 is 9.47 Å². The molecule has 204 valence electrons. The van der Waals surface area contributed by atoms with Crippen LogP contribution in [-0.4, -0.2) is 25.9 Å². The molecular formula is C23H14F6N4O6. The second-order valence-corrected chi connectivity index (χ2v) is 8.87. The van der Waals surface area contributed by atoms with Crippen LogP contribution in [0.1, 0.15) is 47.2 Å². The third-order valence-electron chi connectivity index (χ3n) is 6.49. The topological polar surface area (TPSA) is 131 Å². The average molecular weight is 556 g/mol. The van der Waals surface area contributed by atoms with Gasteiger partial charge in [0.05, 0.1) is 22.0 Å². The van der Waals surface area contributed by atoms with E-state index in [-0.39, 0.29) is 23.7 Å². The number of halogens is 6. The van der Waals surface area contributed by atoms with Crippen molar-refractivity contribution in [2.75, 3.05) is 0 Å².